The third-order valence-electron chi connectivity index (χ3n) is 4.44. The van der Waals surface area contributed by atoms with Crippen molar-refractivity contribution in [2.24, 2.45) is 5.10 Å². The van der Waals surface area contributed by atoms with Gasteiger partial charge in [0.1, 0.15) is 5.69 Å². The van der Waals surface area contributed by atoms with Crippen LogP contribution in [0, 0.1) is 10.1 Å². The predicted molar refractivity (Wildman–Crippen MR) is 116 cm³/mol. The summed E-state index contributed by atoms with van der Waals surface area (Å²) in [5, 5.41) is 25.3. The summed E-state index contributed by atoms with van der Waals surface area (Å²) in [5.74, 6) is 0.153. The summed E-state index contributed by atoms with van der Waals surface area (Å²) in [6, 6.07) is 6.68. The number of anilines is 1. The van der Waals surface area contributed by atoms with Crippen molar-refractivity contribution < 1.29 is 27.9 Å². The summed E-state index contributed by atoms with van der Waals surface area (Å²) in [5.41, 5.74) is 2.68. The summed E-state index contributed by atoms with van der Waals surface area (Å²) in [7, 11) is -2.48. The van der Waals surface area contributed by atoms with Crippen LogP contribution in [0.4, 0.5) is 11.4 Å². The van der Waals surface area contributed by atoms with E-state index in [2.05, 4.69) is 26.5 Å². The number of sulfonamides is 1. The van der Waals surface area contributed by atoms with Crippen molar-refractivity contribution in [1.82, 2.24) is 4.31 Å². The van der Waals surface area contributed by atoms with E-state index in [-0.39, 0.29) is 48.4 Å². The number of morpholine rings is 1. The third kappa shape index (κ3) is 5.12. The molecular formula is C18H19BrN4O7S. The first-order chi connectivity index (χ1) is 14.7. The highest BCUT2D eigenvalue weighted by Gasteiger charge is 2.28. The SMILES string of the molecule is COc1cc(/C=N\Nc2ccc(S(=O)(=O)N3CCOCC3)cc2[N+](=O)[O-])cc(Br)c1O. The number of nitro groups is 1. The van der Waals surface area contributed by atoms with E-state index >= 15 is 0 Å². The molecule has 1 saturated heterocycles. The Morgan fingerprint density at radius 2 is 2.03 bits per heavy atom. The van der Waals surface area contributed by atoms with Gasteiger partial charge in [-0.15, -0.1) is 0 Å². The Labute approximate surface area is 186 Å². The van der Waals surface area contributed by atoms with Gasteiger partial charge in [-0.2, -0.15) is 9.41 Å². The van der Waals surface area contributed by atoms with Crippen molar-refractivity contribution in [2.75, 3.05) is 38.8 Å². The molecule has 0 bridgehead atoms. The predicted octanol–water partition coefficient (Wildman–Crippen LogP) is 2.54. The van der Waals surface area contributed by atoms with Gasteiger partial charge in [0, 0.05) is 19.2 Å². The second-order valence-electron chi connectivity index (χ2n) is 6.38. The minimum atomic E-state index is -3.87. The molecule has 11 nitrogen and oxygen atoms in total. The molecule has 2 N–H and O–H groups in total. The number of nitrogens with zero attached hydrogens (tertiary/aromatic N) is 3. The average Bonchev–Trinajstić information content (AvgIpc) is 2.76. The molecule has 1 fully saturated rings. The molecule has 0 unspecified atom stereocenters. The van der Waals surface area contributed by atoms with Crippen molar-refractivity contribution in [1.29, 1.82) is 0 Å². The highest BCUT2D eigenvalue weighted by Crippen LogP contribution is 2.35. The van der Waals surface area contributed by atoms with Gasteiger partial charge in [0.15, 0.2) is 11.5 Å². The fraction of sp³-hybridized carbons (Fsp3) is 0.278. The van der Waals surface area contributed by atoms with Crippen LogP contribution in [0.3, 0.4) is 0 Å². The van der Waals surface area contributed by atoms with Gasteiger partial charge in [0.05, 0.1) is 40.8 Å². The Bertz CT molecular complexity index is 1120. The lowest BCUT2D eigenvalue weighted by Gasteiger charge is -2.26. The summed E-state index contributed by atoms with van der Waals surface area (Å²) in [6.45, 7) is 0.916. The Hall–Kier alpha value is -2.74. The van der Waals surface area contributed by atoms with Crippen molar-refractivity contribution >= 4 is 43.5 Å². The maximum atomic E-state index is 12.8. The first-order valence-corrected chi connectivity index (χ1v) is 11.2. The van der Waals surface area contributed by atoms with Crippen LogP contribution in [0.5, 0.6) is 11.5 Å². The molecular weight excluding hydrogens is 496 g/mol. The van der Waals surface area contributed by atoms with E-state index in [4.69, 9.17) is 9.47 Å². The fourth-order valence-corrected chi connectivity index (χ4v) is 4.74. The Kier molecular flexibility index (Phi) is 7.10. The van der Waals surface area contributed by atoms with Crippen molar-refractivity contribution in [3.8, 4) is 11.5 Å². The standard InChI is InChI=1S/C18H19BrN4O7S/c1-29-17-9-12(8-14(19)18(17)24)11-20-21-15-3-2-13(10-16(15)23(25)26)31(27,28)22-4-6-30-7-5-22/h2-3,8-11,21,24H,4-7H2,1H3/b20-11-. The number of hydrazone groups is 1. The smallest absolute Gasteiger partial charge is 0.295 e. The second kappa shape index (κ2) is 9.60. The van der Waals surface area contributed by atoms with E-state index in [9.17, 15) is 23.6 Å². The van der Waals surface area contributed by atoms with Crippen LogP contribution in [-0.2, 0) is 14.8 Å². The van der Waals surface area contributed by atoms with Gasteiger partial charge in [0.2, 0.25) is 10.0 Å². The Morgan fingerprint density at radius 1 is 1.32 bits per heavy atom. The number of hydrogen-bond acceptors (Lipinski definition) is 9. The van der Waals surface area contributed by atoms with E-state index in [0.717, 1.165) is 6.07 Å². The van der Waals surface area contributed by atoms with Gasteiger partial charge >= 0.3 is 0 Å². The number of hydrogen-bond donors (Lipinski definition) is 2. The lowest BCUT2D eigenvalue weighted by Crippen LogP contribution is -2.40. The van der Waals surface area contributed by atoms with E-state index in [1.54, 1.807) is 6.07 Å². The van der Waals surface area contributed by atoms with Crippen LogP contribution in [0.1, 0.15) is 5.56 Å². The number of nitrogens with one attached hydrogen (secondary N) is 1. The zero-order valence-corrected chi connectivity index (χ0v) is 18.7. The summed E-state index contributed by atoms with van der Waals surface area (Å²) in [6.07, 6.45) is 1.37. The number of benzene rings is 2. The number of ether oxygens (including phenoxy) is 2. The van der Waals surface area contributed by atoms with Gasteiger partial charge in [-0.05, 0) is 45.8 Å². The number of aromatic hydroxyl groups is 1. The largest absolute Gasteiger partial charge is 0.503 e. The maximum Gasteiger partial charge on any atom is 0.295 e. The number of halogens is 1. The minimum Gasteiger partial charge on any atom is -0.503 e. The number of phenols is 1. The molecule has 1 aliphatic rings. The van der Waals surface area contributed by atoms with Gasteiger partial charge in [-0.1, -0.05) is 0 Å². The van der Waals surface area contributed by atoms with Crippen LogP contribution in [0.2, 0.25) is 0 Å². The van der Waals surface area contributed by atoms with E-state index < -0.39 is 20.6 Å². The van der Waals surface area contributed by atoms with Crippen molar-refractivity contribution in [3.63, 3.8) is 0 Å². The minimum absolute atomic E-state index is 0.0204. The lowest BCUT2D eigenvalue weighted by atomic mass is 10.2. The molecule has 2 aromatic carbocycles. The number of nitro benzene ring substituents is 1. The van der Waals surface area contributed by atoms with Crippen LogP contribution >= 0.6 is 15.9 Å². The molecule has 2 aromatic rings. The zero-order valence-electron chi connectivity index (χ0n) is 16.3. The van der Waals surface area contributed by atoms with Gasteiger partial charge in [0.25, 0.3) is 5.69 Å². The average molecular weight is 515 g/mol. The number of rotatable bonds is 7. The molecule has 1 aliphatic heterocycles. The Morgan fingerprint density at radius 3 is 2.68 bits per heavy atom. The first-order valence-electron chi connectivity index (χ1n) is 8.96. The van der Waals surface area contributed by atoms with Gasteiger partial charge in [-0.25, -0.2) is 8.42 Å². The molecule has 31 heavy (non-hydrogen) atoms. The molecule has 0 amide bonds. The number of phenolic OH excluding ortho intramolecular Hbond substituents is 1. The second-order valence-corrected chi connectivity index (χ2v) is 9.17. The highest BCUT2D eigenvalue weighted by molar-refractivity contribution is 9.10. The molecule has 0 spiro atoms. The molecule has 166 valence electrons. The normalized spacial score (nSPS) is 15.2. The van der Waals surface area contributed by atoms with Crippen LogP contribution in [-0.4, -0.2) is 62.4 Å². The van der Waals surface area contributed by atoms with Gasteiger partial charge < -0.3 is 14.6 Å². The van der Waals surface area contributed by atoms with E-state index in [1.807, 2.05) is 0 Å². The third-order valence-corrected chi connectivity index (χ3v) is 6.94. The molecule has 0 atom stereocenters. The van der Waals surface area contributed by atoms with Crippen LogP contribution in [0.15, 0.2) is 44.8 Å². The molecule has 1 heterocycles. The van der Waals surface area contributed by atoms with Crippen LogP contribution < -0.4 is 10.2 Å². The maximum absolute atomic E-state index is 12.8. The molecule has 3 rings (SSSR count). The molecule has 0 aromatic heterocycles. The van der Waals surface area contributed by atoms with E-state index in [1.165, 1.54) is 35.8 Å². The fourth-order valence-electron chi connectivity index (χ4n) is 2.85. The van der Waals surface area contributed by atoms with Crippen molar-refractivity contribution in [2.45, 2.75) is 4.90 Å². The monoisotopic (exact) mass is 514 g/mol. The summed E-state index contributed by atoms with van der Waals surface area (Å²) >= 11 is 3.19. The Balaban J connectivity index is 1.85. The molecule has 13 heteroatoms. The number of methoxy groups -OCH3 is 1. The topological polar surface area (TPSA) is 144 Å². The highest BCUT2D eigenvalue weighted by atomic mass is 79.9. The summed E-state index contributed by atoms with van der Waals surface area (Å²) in [4.78, 5) is 10.6. The first kappa shape index (κ1) is 22.9. The lowest BCUT2D eigenvalue weighted by molar-refractivity contribution is -0.384. The van der Waals surface area contributed by atoms with Gasteiger partial charge in [-0.3, -0.25) is 15.5 Å². The van der Waals surface area contributed by atoms with E-state index in [0.29, 0.717) is 10.0 Å². The quantitative estimate of drug-likeness (QED) is 0.325. The van der Waals surface area contributed by atoms with Crippen molar-refractivity contribution in [3.05, 3.63) is 50.5 Å². The molecule has 0 radical (unpaired) electrons. The molecule has 0 saturated carbocycles. The molecule has 0 aliphatic carbocycles. The summed E-state index contributed by atoms with van der Waals surface area (Å²) < 4.78 is 37.3. The zero-order chi connectivity index (χ0) is 22.6. The van der Waals surface area contributed by atoms with Crippen LogP contribution in [0.25, 0.3) is 0 Å².